The molecule has 3 heteroatoms. The molecule has 0 atom stereocenters. The van der Waals surface area contributed by atoms with Crippen molar-refractivity contribution in [2.45, 2.75) is 0 Å². The Labute approximate surface area is 328 Å². The van der Waals surface area contributed by atoms with E-state index in [9.17, 15) is 0 Å². The van der Waals surface area contributed by atoms with Gasteiger partial charge in [0.2, 0.25) is 0 Å². The predicted octanol–water partition coefficient (Wildman–Crippen LogP) is 14.8. The minimum absolute atomic E-state index is 0.890. The van der Waals surface area contributed by atoms with Crippen LogP contribution >= 0.6 is 0 Å². The van der Waals surface area contributed by atoms with Gasteiger partial charge >= 0.3 is 0 Å². The average molecular weight is 727 g/mol. The molecule has 12 aromatic rings. The summed E-state index contributed by atoms with van der Waals surface area (Å²) in [7, 11) is 0. The van der Waals surface area contributed by atoms with Gasteiger partial charge < -0.3 is 13.6 Å². The molecule has 0 bridgehead atoms. The number of aromatic nitrogens is 2. The zero-order valence-corrected chi connectivity index (χ0v) is 30.9. The lowest BCUT2D eigenvalue weighted by molar-refractivity contribution is 0.668. The summed E-state index contributed by atoms with van der Waals surface area (Å²) in [6.07, 6.45) is 0. The molecule has 3 aromatic heterocycles. The molecule has 0 fully saturated rings. The fraction of sp³-hybridized carbons (Fsp3) is 0. The van der Waals surface area contributed by atoms with Crippen molar-refractivity contribution in [2.75, 3.05) is 0 Å². The van der Waals surface area contributed by atoms with Crippen LogP contribution in [0.2, 0.25) is 0 Å². The van der Waals surface area contributed by atoms with Crippen molar-refractivity contribution in [3.8, 4) is 44.8 Å². The van der Waals surface area contributed by atoms with Gasteiger partial charge in [0.05, 0.1) is 22.1 Å². The van der Waals surface area contributed by atoms with E-state index in [-0.39, 0.29) is 0 Å². The minimum atomic E-state index is 0.890. The van der Waals surface area contributed by atoms with Crippen molar-refractivity contribution in [2.24, 2.45) is 0 Å². The van der Waals surface area contributed by atoms with E-state index in [4.69, 9.17) is 4.42 Å². The Kier molecular flexibility index (Phi) is 6.93. The van der Waals surface area contributed by atoms with Gasteiger partial charge in [-0.05, 0) is 106 Å². The molecule has 12 rings (SSSR count). The predicted molar refractivity (Wildman–Crippen MR) is 239 cm³/mol. The molecule has 3 nitrogen and oxygen atoms in total. The Balaban J connectivity index is 1.03. The lowest BCUT2D eigenvalue weighted by Gasteiger charge is -2.10. The molecular formula is C54H34N2O. The maximum absolute atomic E-state index is 6.37. The van der Waals surface area contributed by atoms with E-state index in [1.54, 1.807) is 0 Å². The summed E-state index contributed by atoms with van der Waals surface area (Å²) in [4.78, 5) is 0. The van der Waals surface area contributed by atoms with Gasteiger partial charge in [0, 0.05) is 49.8 Å². The Bertz CT molecular complexity index is 3490. The molecule has 0 spiro atoms. The second-order valence-corrected chi connectivity index (χ2v) is 14.9. The summed E-state index contributed by atoms with van der Waals surface area (Å²) in [6, 6.07) is 74.5. The van der Waals surface area contributed by atoms with Gasteiger partial charge in [0.15, 0.2) is 0 Å². The van der Waals surface area contributed by atoms with E-state index < -0.39 is 0 Å². The van der Waals surface area contributed by atoms with E-state index in [1.165, 1.54) is 66.0 Å². The molecule has 57 heavy (non-hydrogen) atoms. The minimum Gasteiger partial charge on any atom is -0.456 e. The summed E-state index contributed by atoms with van der Waals surface area (Å²) in [5.41, 5.74) is 16.0. The molecule has 0 amide bonds. The van der Waals surface area contributed by atoms with Crippen LogP contribution in [0.1, 0.15) is 0 Å². The molecular weight excluding hydrogens is 693 g/mol. The third-order valence-corrected chi connectivity index (χ3v) is 11.7. The summed E-state index contributed by atoms with van der Waals surface area (Å²) in [6.45, 7) is 0. The highest BCUT2D eigenvalue weighted by atomic mass is 16.3. The third-order valence-electron chi connectivity index (χ3n) is 11.7. The van der Waals surface area contributed by atoms with Crippen LogP contribution in [0.25, 0.3) is 110 Å². The first-order chi connectivity index (χ1) is 28.2. The fourth-order valence-corrected chi connectivity index (χ4v) is 9.01. The van der Waals surface area contributed by atoms with Gasteiger partial charge in [-0.15, -0.1) is 0 Å². The second-order valence-electron chi connectivity index (χ2n) is 14.9. The number of benzene rings is 9. The molecule has 0 aliphatic carbocycles. The molecule has 0 saturated heterocycles. The maximum atomic E-state index is 6.37. The monoisotopic (exact) mass is 726 g/mol. The summed E-state index contributed by atoms with van der Waals surface area (Å²) in [5, 5.41) is 7.18. The standard InChI is InChI=1S/C54H34N2O/c1-3-11-35(12-4-1)37-19-24-41(25-20-37)55-49-17-9-7-15-43(49)46-32-39(22-29-50(46)55)40-23-30-52-48(33-40)47-31-38(36-13-5-2-6-14-36)21-28-51(47)56(52)42-26-27-45-44-16-8-10-18-53(44)57-54(45)34-42/h1-34H. The highest BCUT2D eigenvalue weighted by Crippen LogP contribution is 2.40. The highest BCUT2D eigenvalue weighted by Gasteiger charge is 2.18. The maximum Gasteiger partial charge on any atom is 0.137 e. The number of rotatable bonds is 5. The Morgan fingerprint density at radius 3 is 1.32 bits per heavy atom. The van der Waals surface area contributed by atoms with Crippen molar-refractivity contribution >= 4 is 65.6 Å². The molecule has 0 radical (unpaired) electrons. The topological polar surface area (TPSA) is 23.0 Å². The molecule has 0 unspecified atom stereocenters. The van der Waals surface area contributed by atoms with Gasteiger partial charge in [0.25, 0.3) is 0 Å². The van der Waals surface area contributed by atoms with Crippen LogP contribution in [0.4, 0.5) is 0 Å². The number of hydrogen-bond acceptors (Lipinski definition) is 1. The SMILES string of the molecule is c1ccc(-c2ccc(-n3c4ccccc4c4cc(-c5ccc6c(c5)c5cc(-c7ccccc7)ccc5n6-c5ccc6c(c5)oc5ccccc56)ccc43)cc2)cc1. The summed E-state index contributed by atoms with van der Waals surface area (Å²) >= 11 is 0. The zero-order valence-electron chi connectivity index (χ0n) is 30.9. The number of hydrogen-bond donors (Lipinski definition) is 0. The molecule has 0 aliphatic rings. The van der Waals surface area contributed by atoms with Gasteiger partial charge in [-0.25, -0.2) is 0 Å². The smallest absolute Gasteiger partial charge is 0.137 e. The normalized spacial score (nSPS) is 11.9. The lowest BCUT2D eigenvalue weighted by Crippen LogP contribution is -1.94. The first-order valence-electron chi connectivity index (χ1n) is 19.5. The largest absolute Gasteiger partial charge is 0.456 e. The first kappa shape index (κ1) is 31.7. The van der Waals surface area contributed by atoms with E-state index in [0.29, 0.717) is 0 Å². The number of nitrogens with zero attached hydrogens (tertiary/aromatic N) is 2. The quantitative estimate of drug-likeness (QED) is 0.173. The zero-order chi connectivity index (χ0) is 37.5. The van der Waals surface area contributed by atoms with Crippen LogP contribution in [-0.4, -0.2) is 9.13 Å². The summed E-state index contributed by atoms with van der Waals surface area (Å²) in [5.74, 6) is 0. The third kappa shape index (κ3) is 4.99. The van der Waals surface area contributed by atoms with Crippen LogP contribution in [0.15, 0.2) is 211 Å². The molecule has 0 aliphatic heterocycles. The fourth-order valence-electron chi connectivity index (χ4n) is 9.01. The van der Waals surface area contributed by atoms with Crippen LogP contribution in [0.3, 0.4) is 0 Å². The van der Waals surface area contributed by atoms with Crippen molar-refractivity contribution in [3.63, 3.8) is 0 Å². The average Bonchev–Trinajstić information content (AvgIpc) is 3.93. The van der Waals surface area contributed by atoms with Gasteiger partial charge in [-0.2, -0.15) is 0 Å². The van der Waals surface area contributed by atoms with E-state index in [2.05, 4.69) is 203 Å². The molecule has 266 valence electrons. The van der Waals surface area contributed by atoms with Gasteiger partial charge in [-0.1, -0.05) is 127 Å². The van der Waals surface area contributed by atoms with Crippen LogP contribution in [-0.2, 0) is 0 Å². The van der Waals surface area contributed by atoms with E-state index >= 15 is 0 Å². The van der Waals surface area contributed by atoms with Gasteiger partial charge in [-0.3, -0.25) is 0 Å². The molecule has 9 aromatic carbocycles. The van der Waals surface area contributed by atoms with Gasteiger partial charge in [0.1, 0.15) is 11.2 Å². The van der Waals surface area contributed by atoms with Crippen molar-refractivity contribution in [1.82, 2.24) is 9.13 Å². The van der Waals surface area contributed by atoms with Crippen LogP contribution < -0.4 is 0 Å². The second kappa shape index (κ2) is 12.5. The lowest BCUT2D eigenvalue weighted by atomic mass is 9.99. The summed E-state index contributed by atoms with van der Waals surface area (Å²) < 4.78 is 11.2. The highest BCUT2D eigenvalue weighted by molar-refractivity contribution is 6.14. The van der Waals surface area contributed by atoms with Crippen LogP contribution in [0.5, 0.6) is 0 Å². The first-order valence-corrected chi connectivity index (χ1v) is 19.5. The van der Waals surface area contributed by atoms with Crippen LogP contribution in [0, 0.1) is 0 Å². The number of fused-ring (bicyclic) bond motifs is 9. The number of furan rings is 1. The van der Waals surface area contributed by atoms with Crippen molar-refractivity contribution < 1.29 is 4.42 Å². The Hall–Kier alpha value is -7.62. The van der Waals surface area contributed by atoms with E-state index in [0.717, 1.165) is 44.3 Å². The number of para-hydroxylation sites is 2. The van der Waals surface area contributed by atoms with Crippen molar-refractivity contribution in [1.29, 1.82) is 0 Å². The molecule has 0 saturated carbocycles. The Morgan fingerprint density at radius 2 is 0.667 bits per heavy atom. The van der Waals surface area contributed by atoms with Crippen molar-refractivity contribution in [3.05, 3.63) is 206 Å². The molecule has 0 N–H and O–H groups in total. The molecule has 3 heterocycles. The van der Waals surface area contributed by atoms with E-state index in [1.807, 2.05) is 12.1 Å². The Morgan fingerprint density at radius 1 is 0.246 bits per heavy atom.